The Morgan fingerprint density at radius 3 is 2.15 bits per heavy atom. The molecule has 0 amide bonds. The highest BCUT2D eigenvalue weighted by Gasteiger charge is 2.31. The Labute approximate surface area is 159 Å². The van der Waals surface area contributed by atoms with Gasteiger partial charge in [-0.05, 0) is 57.0 Å². The maximum Gasteiger partial charge on any atom is 0.339 e. The molecule has 5 nitrogen and oxygen atoms in total. The van der Waals surface area contributed by atoms with Crippen LogP contribution in [-0.2, 0) is 6.42 Å². The van der Waals surface area contributed by atoms with Gasteiger partial charge in [0.2, 0.25) is 0 Å². The van der Waals surface area contributed by atoms with Crippen molar-refractivity contribution in [2.24, 2.45) is 5.41 Å². The van der Waals surface area contributed by atoms with Crippen molar-refractivity contribution in [1.82, 2.24) is 0 Å². The number of benzene rings is 2. The van der Waals surface area contributed by atoms with Crippen molar-refractivity contribution < 1.29 is 24.5 Å². The molecule has 0 bridgehead atoms. The first-order valence-corrected chi connectivity index (χ1v) is 8.79. The number of carboxylic acid groups (broad SMARTS) is 1. The Kier molecular flexibility index (Phi) is 5.64. The molecule has 0 aliphatic carbocycles. The van der Waals surface area contributed by atoms with E-state index in [0.29, 0.717) is 17.7 Å². The number of aromatic carboxylic acids is 1. The minimum atomic E-state index is -1.08. The van der Waals surface area contributed by atoms with Crippen LogP contribution in [0.25, 0.3) is 0 Å². The van der Waals surface area contributed by atoms with Crippen LogP contribution in [0.15, 0.2) is 42.5 Å². The van der Waals surface area contributed by atoms with Gasteiger partial charge in [0.25, 0.3) is 0 Å². The van der Waals surface area contributed by atoms with Crippen molar-refractivity contribution in [3.8, 4) is 11.5 Å². The number of aromatic hydroxyl groups is 1. The lowest BCUT2D eigenvalue weighted by Crippen LogP contribution is -2.27. The molecule has 2 aromatic carbocycles. The highest BCUT2D eigenvalue weighted by atomic mass is 16.5. The third-order valence-corrected chi connectivity index (χ3v) is 4.10. The van der Waals surface area contributed by atoms with E-state index in [1.165, 1.54) is 6.07 Å². The molecule has 0 aliphatic rings. The Morgan fingerprint density at radius 1 is 0.963 bits per heavy atom. The van der Waals surface area contributed by atoms with Crippen molar-refractivity contribution >= 4 is 11.8 Å². The van der Waals surface area contributed by atoms with E-state index in [1.54, 1.807) is 50.2 Å². The topological polar surface area (TPSA) is 83.8 Å². The predicted molar refractivity (Wildman–Crippen MR) is 104 cm³/mol. The van der Waals surface area contributed by atoms with Crippen LogP contribution in [0.5, 0.6) is 11.5 Å². The van der Waals surface area contributed by atoms with E-state index in [-0.39, 0.29) is 22.7 Å². The monoisotopic (exact) mass is 370 g/mol. The molecule has 27 heavy (non-hydrogen) atoms. The van der Waals surface area contributed by atoms with E-state index in [9.17, 15) is 19.8 Å². The van der Waals surface area contributed by atoms with Crippen LogP contribution in [-0.4, -0.2) is 27.6 Å². The number of ether oxygens (including phenoxy) is 1. The summed E-state index contributed by atoms with van der Waals surface area (Å²) in [6.07, 6.45) is 0.330. The largest absolute Gasteiger partial charge is 0.507 e. The van der Waals surface area contributed by atoms with Crippen molar-refractivity contribution in [3.63, 3.8) is 0 Å². The maximum absolute atomic E-state index is 12.9. The summed E-state index contributed by atoms with van der Waals surface area (Å²) in [4.78, 5) is 24.5. The number of Topliss-reactive ketones (excluding diaryl/α,β-unsaturated/α-hetero) is 1. The lowest BCUT2D eigenvalue weighted by atomic mass is 9.78. The molecular formula is C22H26O5. The molecule has 0 fully saturated rings. The zero-order valence-electron chi connectivity index (χ0n) is 16.4. The fraction of sp³-hybridized carbons (Fsp3) is 0.364. The molecule has 0 spiro atoms. The Bertz CT molecular complexity index is 859. The molecule has 2 rings (SSSR count). The van der Waals surface area contributed by atoms with Gasteiger partial charge in [-0.3, -0.25) is 4.79 Å². The van der Waals surface area contributed by atoms with Gasteiger partial charge in [-0.2, -0.15) is 0 Å². The molecular weight excluding hydrogens is 344 g/mol. The van der Waals surface area contributed by atoms with E-state index < -0.39 is 17.0 Å². The third-order valence-electron chi connectivity index (χ3n) is 4.10. The van der Waals surface area contributed by atoms with Gasteiger partial charge in [0, 0.05) is 5.41 Å². The molecule has 2 N–H and O–H groups in total. The summed E-state index contributed by atoms with van der Waals surface area (Å²) >= 11 is 0. The summed E-state index contributed by atoms with van der Waals surface area (Å²) < 4.78 is 5.73. The Hall–Kier alpha value is -2.82. The quantitative estimate of drug-likeness (QED) is 0.719. The summed E-state index contributed by atoms with van der Waals surface area (Å²) in [6, 6.07) is 11.4. The van der Waals surface area contributed by atoms with Crippen molar-refractivity contribution in [1.29, 1.82) is 0 Å². The number of hydrogen-bond donors (Lipinski definition) is 2. The molecule has 0 radical (unpaired) electrons. The molecule has 0 saturated carbocycles. The average Bonchev–Trinajstić information content (AvgIpc) is 2.54. The minimum absolute atomic E-state index is 0.0595. The number of hydrogen-bond acceptors (Lipinski definition) is 4. The number of ketones is 1. The van der Waals surface area contributed by atoms with Gasteiger partial charge in [-0.1, -0.05) is 32.0 Å². The second-order valence-electron chi connectivity index (χ2n) is 8.26. The minimum Gasteiger partial charge on any atom is -0.507 e. The second kappa shape index (κ2) is 7.43. The van der Waals surface area contributed by atoms with E-state index in [1.807, 2.05) is 20.8 Å². The molecule has 0 aliphatic heterocycles. The van der Waals surface area contributed by atoms with E-state index in [0.717, 1.165) is 0 Å². The van der Waals surface area contributed by atoms with Gasteiger partial charge >= 0.3 is 5.97 Å². The first-order chi connectivity index (χ1) is 12.4. The molecule has 144 valence electrons. The number of phenolic OH excluding ortho intramolecular Hbond substituents is 1. The smallest absolute Gasteiger partial charge is 0.339 e. The van der Waals surface area contributed by atoms with Crippen LogP contribution in [0, 0.1) is 5.41 Å². The molecule has 5 heteroatoms. The van der Waals surface area contributed by atoms with Crippen molar-refractivity contribution in [2.45, 2.75) is 46.6 Å². The van der Waals surface area contributed by atoms with Crippen LogP contribution in [0.2, 0.25) is 0 Å². The maximum atomic E-state index is 12.9. The molecule has 0 saturated heterocycles. The number of carbonyl (C=O) groups excluding carboxylic acids is 1. The van der Waals surface area contributed by atoms with E-state index in [4.69, 9.17) is 4.74 Å². The number of para-hydroxylation sites is 1. The van der Waals surface area contributed by atoms with Gasteiger partial charge in [0.05, 0.1) is 5.56 Å². The summed E-state index contributed by atoms with van der Waals surface area (Å²) in [6.45, 7) is 9.10. The van der Waals surface area contributed by atoms with Gasteiger partial charge < -0.3 is 14.9 Å². The predicted octanol–water partition coefficient (Wildman–Crippen LogP) is 4.72. The van der Waals surface area contributed by atoms with Crippen LogP contribution in [0.1, 0.15) is 60.9 Å². The molecule has 0 aromatic heterocycles. The first kappa shape index (κ1) is 20.5. The molecule has 0 unspecified atom stereocenters. The van der Waals surface area contributed by atoms with Crippen molar-refractivity contribution in [2.75, 3.05) is 0 Å². The summed E-state index contributed by atoms with van der Waals surface area (Å²) in [5.41, 5.74) is -0.309. The summed E-state index contributed by atoms with van der Waals surface area (Å²) in [5, 5.41) is 19.5. The lowest BCUT2D eigenvalue weighted by Gasteiger charge is -2.25. The average molecular weight is 370 g/mol. The third kappa shape index (κ3) is 5.09. The van der Waals surface area contributed by atoms with Gasteiger partial charge in [0.1, 0.15) is 22.7 Å². The number of carboxylic acids is 1. The van der Waals surface area contributed by atoms with E-state index >= 15 is 0 Å². The van der Waals surface area contributed by atoms with Gasteiger partial charge in [0.15, 0.2) is 5.78 Å². The SMILES string of the molecule is CC(C)(C)Oc1ccc(CC(C)(C)C(=O)c2ccccc2O)cc1C(=O)O. The summed E-state index contributed by atoms with van der Waals surface area (Å²) in [5.74, 6) is -1.05. The molecule has 0 heterocycles. The Morgan fingerprint density at radius 2 is 1.59 bits per heavy atom. The number of rotatable bonds is 6. The Balaban J connectivity index is 2.33. The second-order valence-corrected chi connectivity index (χ2v) is 8.26. The first-order valence-electron chi connectivity index (χ1n) is 8.79. The van der Waals surface area contributed by atoms with Gasteiger partial charge in [-0.15, -0.1) is 0 Å². The highest BCUT2D eigenvalue weighted by molar-refractivity contribution is 6.02. The highest BCUT2D eigenvalue weighted by Crippen LogP contribution is 2.32. The normalized spacial score (nSPS) is 11.9. The zero-order chi connectivity index (χ0) is 20.4. The van der Waals surface area contributed by atoms with Crippen LogP contribution >= 0.6 is 0 Å². The molecule has 0 atom stereocenters. The fourth-order valence-corrected chi connectivity index (χ4v) is 2.89. The number of carbonyl (C=O) groups is 2. The summed E-state index contributed by atoms with van der Waals surface area (Å²) in [7, 11) is 0. The van der Waals surface area contributed by atoms with Crippen LogP contribution in [0.4, 0.5) is 0 Å². The number of phenols is 1. The lowest BCUT2D eigenvalue weighted by molar-refractivity contribution is 0.0680. The zero-order valence-corrected chi connectivity index (χ0v) is 16.4. The van der Waals surface area contributed by atoms with E-state index in [2.05, 4.69) is 0 Å². The fourth-order valence-electron chi connectivity index (χ4n) is 2.89. The standard InChI is InChI=1S/C22H26O5/c1-21(2,3)27-18-11-10-14(12-16(18)20(25)26)13-22(4,5)19(24)15-8-6-7-9-17(15)23/h6-12,23H,13H2,1-5H3,(H,25,26). The van der Waals surface area contributed by atoms with Crippen LogP contribution in [0.3, 0.4) is 0 Å². The van der Waals surface area contributed by atoms with Gasteiger partial charge in [-0.25, -0.2) is 4.79 Å². The van der Waals surface area contributed by atoms with Crippen molar-refractivity contribution in [3.05, 3.63) is 59.2 Å². The van der Waals surface area contributed by atoms with Crippen LogP contribution < -0.4 is 4.74 Å². The molecule has 2 aromatic rings.